The van der Waals surface area contributed by atoms with Crippen molar-refractivity contribution >= 4 is 52.2 Å². The Labute approximate surface area is 163 Å². The zero-order chi connectivity index (χ0) is 16.1. The molecular formula is C18H23IN4S. The third-order valence-corrected chi connectivity index (χ3v) is 4.61. The smallest absolute Gasteiger partial charge is 0.191 e. The molecule has 0 amide bonds. The number of nitrogens with one attached hydrogen (secondary N) is 3. The summed E-state index contributed by atoms with van der Waals surface area (Å²) in [5, 5.41) is 12.2. The molecule has 2 heterocycles. The molecule has 0 aliphatic heterocycles. The van der Waals surface area contributed by atoms with Gasteiger partial charge < -0.3 is 15.6 Å². The maximum absolute atomic E-state index is 4.27. The molecule has 0 aliphatic rings. The van der Waals surface area contributed by atoms with Crippen LogP contribution < -0.4 is 10.6 Å². The first-order valence-corrected chi connectivity index (χ1v) is 8.73. The van der Waals surface area contributed by atoms with E-state index in [-0.39, 0.29) is 24.0 Å². The molecule has 0 radical (unpaired) electrons. The summed E-state index contributed by atoms with van der Waals surface area (Å²) in [7, 11) is 1.80. The van der Waals surface area contributed by atoms with Gasteiger partial charge in [0.05, 0.1) is 0 Å². The van der Waals surface area contributed by atoms with E-state index in [1.807, 2.05) is 0 Å². The molecule has 0 bridgehead atoms. The molecule has 1 aromatic carbocycles. The molecule has 6 heteroatoms. The maximum Gasteiger partial charge on any atom is 0.191 e. The molecule has 3 aromatic rings. The van der Waals surface area contributed by atoms with Gasteiger partial charge in [0, 0.05) is 37.2 Å². The number of aryl methyl sites for hydroxylation is 1. The van der Waals surface area contributed by atoms with E-state index in [1.54, 1.807) is 18.4 Å². The van der Waals surface area contributed by atoms with Crippen molar-refractivity contribution in [3.05, 3.63) is 57.9 Å². The van der Waals surface area contributed by atoms with Crippen molar-refractivity contribution < 1.29 is 0 Å². The lowest BCUT2D eigenvalue weighted by molar-refractivity contribution is 0.797. The molecule has 0 spiro atoms. The van der Waals surface area contributed by atoms with E-state index in [0.717, 1.165) is 25.5 Å². The maximum atomic E-state index is 4.27. The number of thiophene rings is 1. The van der Waals surface area contributed by atoms with Crippen molar-refractivity contribution in [1.29, 1.82) is 0 Å². The standard InChI is InChI=1S/C18H22N4S.HI/c1-13-3-4-16-15(11-21-17(16)9-13)5-7-20-18(19-2)22-10-14-6-8-23-12-14;/h3-4,6,8-9,11-12,21H,5,7,10H2,1-2H3,(H2,19,20,22);1H. The fourth-order valence-electron chi connectivity index (χ4n) is 2.62. The monoisotopic (exact) mass is 454 g/mol. The van der Waals surface area contributed by atoms with Crippen molar-refractivity contribution in [3.63, 3.8) is 0 Å². The number of guanidine groups is 1. The van der Waals surface area contributed by atoms with Crippen molar-refractivity contribution in [2.75, 3.05) is 13.6 Å². The van der Waals surface area contributed by atoms with Gasteiger partial charge >= 0.3 is 0 Å². The number of fused-ring (bicyclic) bond motifs is 1. The highest BCUT2D eigenvalue weighted by molar-refractivity contribution is 14.0. The zero-order valence-electron chi connectivity index (χ0n) is 13.9. The summed E-state index contributed by atoms with van der Waals surface area (Å²) in [5.41, 5.74) is 5.10. The van der Waals surface area contributed by atoms with Crippen LogP contribution in [-0.4, -0.2) is 24.5 Å². The molecule has 0 aliphatic carbocycles. The second kappa shape index (κ2) is 9.08. The Balaban J connectivity index is 0.00000208. The van der Waals surface area contributed by atoms with Crippen LogP contribution in [-0.2, 0) is 13.0 Å². The molecule has 2 aromatic heterocycles. The molecule has 24 heavy (non-hydrogen) atoms. The molecule has 0 fully saturated rings. The summed E-state index contributed by atoms with van der Waals surface area (Å²) < 4.78 is 0. The summed E-state index contributed by atoms with van der Waals surface area (Å²) in [4.78, 5) is 7.62. The van der Waals surface area contributed by atoms with Gasteiger partial charge in [-0.1, -0.05) is 12.1 Å². The highest BCUT2D eigenvalue weighted by Crippen LogP contribution is 2.19. The Kier molecular flexibility index (Phi) is 7.11. The van der Waals surface area contributed by atoms with Gasteiger partial charge in [0.2, 0.25) is 0 Å². The predicted octanol–water partition coefficient (Wildman–Crippen LogP) is 4.06. The summed E-state index contributed by atoms with van der Waals surface area (Å²) in [6, 6.07) is 8.67. The largest absolute Gasteiger partial charge is 0.361 e. The van der Waals surface area contributed by atoms with Crippen molar-refractivity contribution in [3.8, 4) is 0 Å². The third kappa shape index (κ3) is 4.73. The lowest BCUT2D eigenvalue weighted by atomic mass is 10.1. The number of nitrogens with zero attached hydrogens (tertiary/aromatic N) is 1. The van der Waals surface area contributed by atoms with Gasteiger partial charge in [-0.15, -0.1) is 24.0 Å². The quantitative estimate of drug-likeness (QED) is 0.310. The number of H-pyrrole nitrogens is 1. The van der Waals surface area contributed by atoms with Crippen molar-refractivity contribution in [2.24, 2.45) is 4.99 Å². The van der Waals surface area contributed by atoms with Gasteiger partial charge in [-0.3, -0.25) is 4.99 Å². The van der Waals surface area contributed by atoms with Crippen molar-refractivity contribution in [2.45, 2.75) is 19.9 Å². The van der Waals surface area contributed by atoms with Crippen LogP contribution in [0.5, 0.6) is 0 Å². The summed E-state index contributed by atoms with van der Waals surface area (Å²) >= 11 is 1.71. The molecule has 0 unspecified atom stereocenters. The first-order valence-electron chi connectivity index (χ1n) is 7.78. The second-order valence-corrected chi connectivity index (χ2v) is 6.38. The van der Waals surface area contributed by atoms with Gasteiger partial charge in [-0.2, -0.15) is 11.3 Å². The molecular weight excluding hydrogens is 431 g/mol. The molecule has 128 valence electrons. The number of aliphatic imine (C=N–C) groups is 1. The summed E-state index contributed by atoms with van der Waals surface area (Å²) in [6.45, 7) is 3.77. The van der Waals surface area contributed by atoms with E-state index in [0.29, 0.717) is 0 Å². The van der Waals surface area contributed by atoms with Crippen LogP contribution in [0.3, 0.4) is 0 Å². The fraction of sp³-hybridized carbons (Fsp3) is 0.278. The van der Waals surface area contributed by atoms with Crippen LogP contribution in [0.25, 0.3) is 10.9 Å². The van der Waals surface area contributed by atoms with Crippen LogP contribution in [0.4, 0.5) is 0 Å². The predicted molar refractivity (Wildman–Crippen MR) is 115 cm³/mol. The number of hydrogen-bond donors (Lipinski definition) is 3. The lowest BCUT2D eigenvalue weighted by Crippen LogP contribution is -2.37. The minimum atomic E-state index is 0. The van der Waals surface area contributed by atoms with Gasteiger partial charge in [0.1, 0.15) is 0 Å². The van der Waals surface area contributed by atoms with E-state index in [4.69, 9.17) is 0 Å². The van der Waals surface area contributed by atoms with E-state index < -0.39 is 0 Å². The van der Waals surface area contributed by atoms with Crippen LogP contribution >= 0.6 is 35.3 Å². The first kappa shape index (κ1) is 18.8. The van der Waals surface area contributed by atoms with Crippen LogP contribution in [0.15, 0.2) is 46.2 Å². The first-order chi connectivity index (χ1) is 11.3. The number of benzene rings is 1. The fourth-order valence-corrected chi connectivity index (χ4v) is 3.29. The Bertz CT molecular complexity index is 793. The highest BCUT2D eigenvalue weighted by Gasteiger charge is 2.04. The number of hydrogen-bond acceptors (Lipinski definition) is 2. The second-order valence-electron chi connectivity index (χ2n) is 5.60. The van der Waals surface area contributed by atoms with Gasteiger partial charge in [-0.05, 0) is 52.9 Å². The molecule has 0 saturated carbocycles. The number of aromatic amines is 1. The Morgan fingerprint density at radius 2 is 2.12 bits per heavy atom. The van der Waals surface area contributed by atoms with E-state index in [1.165, 1.54) is 27.6 Å². The average Bonchev–Trinajstić information content (AvgIpc) is 3.20. The molecule has 3 rings (SSSR count). The minimum absolute atomic E-state index is 0. The SMILES string of the molecule is CN=C(NCCc1c[nH]c2cc(C)ccc12)NCc1ccsc1.I. The van der Waals surface area contributed by atoms with E-state index >= 15 is 0 Å². The van der Waals surface area contributed by atoms with Gasteiger partial charge in [0.25, 0.3) is 0 Å². The normalized spacial score (nSPS) is 11.3. The topological polar surface area (TPSA) is 52.2 Å². The molecule has 0 atom stereocenters. The Hall–Kier alpha value is -1.54. The number of aromatic nitrogens is 1. The zero-order valence-corrected chi connectivity index (χ0v) is 17.1. The number of rotatable bonds is 5. The van der Waals surface area contributed by atoms with E-state index in [2.05, 4.69) is 68.8 Å². The lowest BCUT2D eigenvalue weighted by Gasteiger charge is -2.11. The summed E-state index contributed by atoms with van der Waals surface area (Å²) in [6.07, 6.45) is 3.07. The minimum Gasteiger partial charge on any atom is -0.361 e. The third-order valence-electron chi connectivity index (χ3n) is 3.87. The molecule has 0 saturated heterocycles. The Morgan fingerprint density at radius 1 is 1.25 bits per heavy atom. The average molecular weight is 454 g/mol. The van der Waals surface area contributed by atoms with Gasteiger partial charge in [0.15, 0.2) is 5.96 Å². The van der Waals surface area contributed by atoms with Gasteiger partial charge in [-0.25, -0.2) is 0 Å². The molecule has 3 N–H and O–H groups in total. The summed E-state index contributed by atoms with van der Waals surface area (Å²) in [5.74, 6) is 0.840. The number of halogens is 1. The van der Waals surface area contributed by atoms with Crippen LogP contribution in [0.1, 0.15) is 16.7 Å². The van der Waals surface area contributed by atoms with Crippen LogP contribution in [0.2, 0.25) is 0 Å². The Morgan fingerprint density at radius 3 is 2.88 bits per heavy atom. The van der Waals surface area contributed by atoms with E-state index in [9.17, 15) is 0 Å². The van der Waals surface area contributed by atoms with Crippen molar-refractivity contribution in [1.82, 2.24) is 15.6 Å². The van der Waals surface area contributed by atoms with Crippen LogP contribution in [0, 0.1) is 6.92 Å². The highest BCUT2D eigenvalue weighted by atomic mass is 127. The molecule has 4 nitrogen and oxygen atoms in total.